The Balaban J connectivity index is 1.76. The van der Waals surface area contributed by atoms with E-state index < -0.39 is 6.17 Å². The maximum Gasteiger partial charge on any atom is 0.336 e. The predicted octanol–water partition coefficient (Wildman–Crippen LogP) is 0.255. The molecule has 1 N–H and O–H groups in total. The van der Waals surface area contributed by atoms with Crippen molar-refractivity contribution in [3.63, 3.8) is 0 Å². The van der Waals surface area contributed by atoms with E-state index >= 15 is 0 Å². The van der Waals surface area contributed by atoms with Crippen LogP contribution in [-0.4, -0.2) is 66.8 Å². The third-order valence-corrected chi connectivity index (χ3v) is 4.22. The van der Waals surface area contributed by atoms with E-state index in [0.29, 0.717) is 30.8 Å². The van der Waals surface area contributed by atoms with Crippen molar-refractivity contribution in [2.24, 2.45) is 0 Å². The first-order valence-corrected chi connectivity index (χ1v) is 6.89. The Kier molecular flexibility index (Phi) is 3.37. The summed E-state index contributed by atoms with van der Waals surface area (Å²) in [6, 6.07) is -0.583. The van der Waals surface area contributed by atoms with Crippen LogP contribution < -0.4 is 5.32 Å². The number of rotatable bonds is 2. The average Bonchev–Trinajstić information content (AvgIpc) is 2.95. The number of hydrogen-bond donors (Lipinski definition) is 1. The number of cyclic esters (lactones) is 1. The zero-order chi connectivity index (χ0) is 14.3. The summed E-state index contributed by atoms with van der Waals surface area (Å²) in [7, 11) is 0. The summed E-state index contributed by atoms with van der Waals surface area (Å²) in [5.41, 5.74) is 1.09. The quantitative estimate of drug-likeness (QED) is 0.738. The fourth-order valence-electron chi connectivity index (χ4n) is 3.02. The van der Waals surface area contributed by atoms with Gasteiger partial charge >= 0.3 is 12.0 Å². The van der Waals surface area contributed by atoms with E-state index in [0.717, 1.165) is 6.54 Å². The molecule has 6 nitrogen and oxygen atoms in total. The van der Waals surface area contributed by atoms with Crippen LogP contribution in [0.3, 0.4) is 0 Å². The normalized spacial score (nSPS) is 31.3. The third-order valence-electron chi connectivity index (χ3n) is 4.22. The van der Waals surface area contributed by atoms with Crippen LogP contribution in [-0.2, 0) is 9.53 Å². The molecule has 3 rings (SSSR count). The van der Waals surface area contributed by atoms with Crippen LogP contribution >= 0.6 is 0 Å². The van der Waals surface area contributed by atoms with Gasteiger partial charge < -0.3 is 15.0 Å². The number of piperidine rings is 1. The first-order valence-electron chi connectivity index (χ1n) is 6.89. The molecule has 3 aliphatic heterocycles. The summed E-state index contributed by atoms with van der Waals surface area (Å²) in [5, 5.41) is 2.98. The van der Waals surface area contributed by atoms with Crippen molar-refractivity contribution in [3.8, 4) is 0 Å². The molecule has 0 bridgehead atoms. The topological polar surface area (TPSA) is 61.9 Å². The van der Waals surface area contributed by atoms with Crippen molar-refractivity contribution in [2.75, 3.05) is 32.8 Å². The maximum absolute atomic E-state index is 14.0. The third kappa shape index (κ3) is 2.06. The Morgan fingerprint density at radius 2 is 2.15 bits per heavy atom. The first kappa shape index (κ1) is 13.4. The van der Waals surface area contributed by atoms with Gasteiger partial charge in [-0.05, 0) is 19.9 Å². The lowest BCUT2D eigenvalue weighted by atomic mass is 10.0. The van der Waals surface area contributed by atoms with Gasteiger partial charge in [0.1, 0.15) is 12.8 Å². The number of urea groups is 1. The van der Waals surface area contributed by atoms with Crippen LogP contribution in [0.25, 0.3) is 0 Å². The van der Waals surface area contributed by atoms with Gasteiger partial charge in [0.15, 0.2) is 0 Å². The molecular formula is C13H18FN3O3. The number of ether oxygens (including phenoxy) is 1. The Hall–Kier alpha value is -1.63. The van der Waals surface area contributed by atoms with E-state index in [4.69, 9.17) is 4.74 Å². The molecule has 0 aromatic carbocycles. The monoisotopic (exact) mass is 283 g/mol. The van der Waals surface area contributed by atoms with Crippen molar-refractivity contribution in [2.45, 2.75) is 25.6 Å². The van der Waals surface area contributed by atoms with Crippen molar-refractivity contribution in [1.29, 1.82) is 0 Å². The van der Waals surface area contributed by atoms with Crippen LogP contribution in [0.2, 0.25) is 0 Å². The molecule has 0 saturated carbocycles. The van der Waals surface area contributed by atoms with Crippen molar-refractivity contribution in [1.82, 2.24) is 15.1 Å². The zero-order valence-electron chi connectivity index (χ0n) is 11.4. The summed E-state index contributed by atoms with van der Waals surface area (Å²) < 4.78 is 18.9. The summed E-state index contributed by atoms with van der Waals surface area (Å²) in [6.45, 7) is 3.78. The highest BCUT2D eigenvalue weighted by Gasteiger charge is 2.41. The molecular weight excluding hydrogens is 265 g/mol. The lowest BCUT2D eigenvalue weighted by molar-refractivity contribution is -0.136. The molecule has 3 aliphatic rings. The molecule has 0 spiro atoms. The zero-order valence-corrected chi connectivity index (χ0v) is 11.4. The van der Waals surface area contributed by atoms with Gasteiger partial charge in [-0.3, -0.25) is 4.90 Å². The minimum Gasteiger partial charge on any atom is -0.456 e. The fraction of sp³-hybridized carbons (Fsp3) is 0.692. The highest BCUT2D eigenvalue weighted by atomic mass is 19.1. The molecule has 2 fully saturated rings. The minimum absolute atomic E-state index is 0.134. The van der Waals surface area contributed by atoms with Gasteiger partial charge in [0.2, 0.25) is 0 Å². The molecule has 20 heavy (non-hydrogen) atoms. The van der Waals surface area contributed by atoms with Crippen LogP contribution in [0.5, 0.6) is 0 Å². The summed E-state index contributed by atoms with van der Waals surface area (Å²) in [4.78, 5) is 27.0. The van der Waals surface area contributed by atoms with Crippen LogP contribution in [0, 0.1) is 0 Å². The predicted molar refractivity (Wildman–Crippen MR) is 68.6 cm³/mol. The van der Waals surface area contributed by atoms with Gasteiger partial charge in [-0.1, -0.05) is 0 Å². The van der Waals surface area contributed by atoms with Crippen molar-refractivity contribution >= 4 is 12.0 Å². The van der Waals surface area contributed by atoms with Crippen LogP contribution in [0.1, 0.15) is 13.3 Å². The SMILES string of the molecule is CC1=C(N2CCN(C3CCNCC3F)C2=O)COC1=O. The Labute approximate surface area is 116 Å². The summed E-state index contributed by atoms with van der Waals surface area (Å²) >= 11 is 0. The smallest absolute Gasteiger partial charge is 0.336 e. The number of amides is 2. The Morgan fingerprint density at radius 1 is 1.35 bits per heavy atom. The van der Waals surface area contributed by atoms with Crippen molar-refractivity contribution in [3.05, 3.63) is 11.3 Å². The second-order valence-electron chi connectivity index (χ2n) is 5.35. The minimum atomic E-state index is -1.04. The summed E-state index contributed by atoms with van der Waals surface area (Å²) in [5.74, 6) is -0.378. The molecule has 0 radical (unpaired) electrons. The number of carbonyl (C=O) groups is 2. The maximum atomic E-state index is 14.0. The average molecular weight is 283 g/mol. The highest BCUT2D eigenvalue weighted by Crippen LogP contribution is 2.27. The van der Waals surface area contributed by atoms with Crippen LogP contribution in [0.15, 0.2) is 11.3 Å². The molecule has 110 valence electrons. The lowest BCUT2D eigenvalue weighted by Gasteiger charge is -2.34. The standard InChI is InChI=1S/C13H18FN3O3/c1-8-11(7-20-12(8)18)17-5-4-16(13(17)19)10-2-3-15-6-9(10)14/h9-10,15H,2-7H2,1H3. The molecule has 0 aromatic rings. The molecule has 2 unspecified atom stereocenters. The van der Waals surface area contributed by atoms with Gasteiger partial charge in [0.25, 0.3) is 0 Å². The van der Waals surface area contributed by atoms with E-state index in [-0.39, 0.29) is 31.2 Å². The van der Waals surface area contributed by atoms with Gasteiger partial charge in [0.05, 0.1) is 17.3 Å². The van der Waals surface area contributed by atoms with Gasteiger partial charge in [0, 0.05) is 19.6 Å². The largest absolute Gasteiger partial charge is 0.456 e. The Bertz CT molecular complexity index is 479. The number of carbonyl (C=O) groups excluding carboxylic acids is 2. The number of esters is 1. The second kappa shape index (κ2) is 5.05. The van der Waals surface area contributed by atoms with Crippen molar-refractivity contribution < 1.29 is 18.7 Å². The van der Waals surface area contributed by atoms with Gasteiger partial charge in [-0.25, -0.2) is 14.0 Å². The number of hydrogen-bond acceptors (Lipinski definition) is 4. The van der Waals surface area contributed by atoms with E-state index in [1.807, 2.05) is 0 Å². The van der Waals surface area contributed by atoms with Crippen LogP contribution in [0.4, 0.5) is 9.18 Å². The molecule has 0 aliphatic carbocycles. The highest BCUT2D eigenvalue weighted by molar-refractivity contribution is 5.92. The lowest BCUT2D eigenvalue weighted by Crippen LogP contribution is -2.52. The van der Waals surface area contributed by atoms with Gasteiger partial charge in [-0.15, -0.1) is 0 Å². The number of alkyl halides is 1. The van der Waals surface area contributed by atoms with E-state index in [1.54, 1.807) is 16.7 Å². The van der Waals surface area contributed by atoms with Gasteiger partial charge in [-0.2, -0.15) is 0 Å². The van der Waals surface area contributed by atoms with E-state index in [1.165, 1.54) is 0 Å². The molecule has 2 atom stereocenters. The fourth-order valence-corrected chi connectivity index (χ4v) is 3.02. The number of nitrogens with one attached hydrogen (secondary N) is 1. The Morgan fingerprint density at radius 3 is 2.80 bits per heavy atom. The molecule has 3 heterocycles. The molecule has 0 aromatic heterocycles. The second-order valence-corrected chi connectivity index (χ2v) is 5.35. The number of nitrogens with zero attached hydrogens (tertiary/aromatic N) is 2. The molecule has 7 heteroatoms. The molecule has 2 amide bonds. The first-order chi connectivity index (χ1) is 9.59. The molecule has 2 saturated heterocycles. The van der Waals surface area contributed by atoms with E-state index in [2.05, 4.69) is 5.32 Å². The van der Waals surface area contributed by atoms with E-state index in [9.17, 15) is 14.0 Å². The summed E-state index contributed by atoms with van der Waals surface area (Å²) in [6.07, 6.45) is -0.419. The number of halogens is 1.